The molecule has 12 nitrogen and oxygen atoms in total. The molecule has 0 radical (unpaired) electrons. The molecule has 0 atom stereocenters. The molecule has 1 amide bonds. The number of H-pyrrole nitrogens is 1. The number of hydrogen-bond donors (Lipinski definition) is 2. The van der Waals surface area contributed by atoms with Crippen molar-refractivity contribution in [1.29, 1.82) is 0 Å². The third kappa shape index (κ3) is 6.14. The van der Waals surface area contributed by atoms with Gasteiger partial charge < -0.3 is 29.6 Å². The fraction of sp³-hybridized carbons (Fsp3) is 0.478. The van der Waals surface area contributed by atoms with Crippen LogP contribution in [-0.4, -0.2) is 55.9 Å². The minimum absolute atomic E-state index is 0.0203. The summed E-state index contributed by atoms with van der Waals surface area (Å²) in [4.78, 5) is 54.0. The third-order valence-electron chi connectivity index (χ3n) is 5.22. The Balaban J connectivity index is 2.36. The molecule has 0 aliphatic rings. The van der Waals surface area contributed by atoms with Crippen LogP contribution in [0.2, 0.25) is 0 Å². The number of nitrogen functional groups attached to an aromatic ring is 1. The van der Waals surface area contributed by atoms with Crippen molar-refractivity contribution < 1.29 is 28.5 Å². The number of carbonyl (C=O) groups excluding carboxylic acids is 2. The molecule has 3 N–H and O–H groups in total. The van der Waals surface area contributed by atoms with Gasteiger partial charge in [-0.3, -0.25) is 19.1 Å². The van der Waals surface area contributed by atoms with Crippen molar-refractivity contribution in [2.45, 2.75) is 39.7 Å². The quantitative estimate of drug-likeness (QED) is 0.420. The van der Waals surface area contributed by atoms with E-state index in [4.69, 9.17) is 24.7 Å². The van der Waals surface area contributed by atoms with Crippen LogP contribution >= 0.6 is 0 Å². The van der Waals surface area contributed by atoms with E-state index < -0.39 is 29.7 Å². The molecule has 0 aliphatic heterocycles. The number of aromatic nitrogens is 2. The molecule has 2 aromatic rings. The van der Waals surface area contributed by atoms with Crippen LogP contribution in [0.3, 0.4) is 0 Å². The first-order valence-corrected chi connectivity index (χ1v) is 11.1. The normalized spacial score (nSPS) is 10.5. The van der Waals surface area contributed by atoms with Crippen LogP contribution in [0.4, 0.5) is 11.5 Å². The summed E-state index contributed by atoms with van der Waals surface area (Å²) in [6.45, 7) is 3.49. The number of ether oxygens (including phenoxy) is 4. The molecule has 0 spiro atoms. The molecule has 2 rings (SSSR count). The number of nitrogens with one attached hydrogen (secondary N) is 1. The van der Waals surface area contributed by atoms with Crippen LogP contribution < -0.4 is 36.1 Å². The third-order valence-corrected chi connectivity index (χ3v) is 5.22. The Hall–Kier alpha value is -3.96. The lowest BCUT2D eigenvalue weighted by Gasteiger charge is -2.24. The molecular formula is C23H32N4O8. The number of amides is 1. The maximum absolute atomic E-state index is 13.1. The van der Waals surface area contributed by atoms with Gasteiger partial charge >= 0.3 is 11.7 Å². The highest BCUT2D eigenvalue weighted by molar-refractivity contribution is 5.99. The van der Waals surface area contributed by atoms with Crippen LogP contribution in [0, 0.1) is 0 Å². The van der Waals surface area contributed by atoms with Gasteiger partial charge in [-0.1, -0.05) is 20.3 Å². The number of rotatable bonds is 12. The summed E-state index contributed by atoms with van der Waals surface area (Å²) in [6.07, 6.45) is 1.86. The van der Waals surface area contributed by atoms with Crippen molar-refractivity contribution in [3.05, 3.63) is 38.5 Å². The number of unbranched alkanes of at least 4 members (excludes halogenated alkanes) is 1. The van der Waals surface area contributed by atoms with E-state index in [1.165, 1.54) is 38.0 Å². The molecule has 1 heterocycles. The lowest BCUT2D eigenvalue weighted by molar-refractivity contribution is -0.121. The van der Waals surface area contributed by atoms with E-state index in [1.807, 2.05) is 13.8 Å². The van der Waals surface area contributed by atoms with Gasteiger partial charge in [-0.05, 0) is 12.8 Å². The SMILES string of the molecule is CCCCN(C(=O)COC(=O)c1cc(OC)c(OC)cc1OC)c1c(N)n(CCC)c(=O)[nH]c1=O. The number of aromatic amines is 1. The average molecular weight is 493 g/mol. The molecule has 0 saturated heterocycles. The van der Waals surface area contributed by atoms with Crippen molar-refractivity contribution in [2.75, 3.05) is 45.1 Å². The van der Waals surface area contributed by atoms with Gasteiger partial charge in [-0.15, -0.1) is 0 Å². The summed E-state index contributed by atoms with van der Waals surface area (Å²) in [7, 11) is 4.22. The Morgan fingerprint density at radius 2 is 1.63 bits per heavy atom. The Kier molecular flexibility index (Phi) is 9.74. The molecule has 0 bridgehead atoms. The summed E-state index contributed by atoms with van der Waals surface area (Å²) in [5.41, 5.74) is 4.54. The largest absolute Gasteiger partial charge is 0.496 e. The summed E-state index contributed by atoms with van der Waals surface area (Å²) in [6, 6.07) is 2.84. The van der Waals surface area contributed by atoms with Gasteiger partial charge in [0.2, 0.25) is 0 Å². The fourth-order valence-electron chi connectivity index (χ4n) is 3.43. The van der Waals surface area contributed by atoms with Gasteiger partial charge in [0.05, 0.1) is 21.3 Å². The maximum atomic E-state index is 13.1. The van der Waals surface area contributed by atoms with Gasteiger partial charge in [0.15, 0.2) is 23.8 Å². The van der Waals surface area contributed by atoms with E-state index in [9.17, 15) is 19.2 Å². The first-order chi connectivity index (χ1) is 16.7. The minimum atomic E-state index is -0.843. The molecule has 35 heavy (non-hydrogen) atoms. The molecule has 0 unspecified atom stereocenters. The zero-order valence-corrected chi connectivity index (χ0v) is 20.6. The van der Waals surface area contributed by atoms with Gasteiger partial charge in [0, 0.05) is 25.2 Å². The van der Waals surface area contributed by atoms with Crippen LogP contribution in [-0.2, 0) is 16.1 Å². The summed E-state index contributed by atoms with van der Waals surface area (Å²) in [5.74, 6) is -0.865. The molecule has 1 aromatic heterocycles. The van der Waals surface area contributed by atoms with Crippen molar-refractivity contribution in [3.8, 4) is 17.2 Å². The summed E-state index contributed by atoms with van der Waals surface area (Å²) < 4.78 is 22.1. The maximum Gasteiger partial charge on any atom is 0.342 e. The molecule has 1 aromatic carbocycles. The van der Waals surface area contributed by atoms with Crippen molar-refractivity contribution >= 4 is 23.4 Å². The van der Waals surface area contributed by atoms with E-state index in [2.05, 4.69) is 4.98 Å². The Bertz CT molecular complexity index is 1170. The van der Waals surface area contributed by atoms with Gasteiger partial charge in [0.1, 0.15) is 17.1 Å². The molecule has 192 valence electrons. The molecule has 0 aliphatic carbocycles. The van der Waals surface area contributed by atoms with E-state index in [0.29, 0.717) is 18.6 Å². The van der Waals surface area contributed by atoms with Gasteiger partial charge in [-0.2, -0.15) is 0 Å². The minimum Gasteiger partial charge on any atom is -0.496 e. The Morgan fingerprint density at radius 3 is 2.20 bits per heavy atom. The monoisotopic (exact) mass is 492 g/mol. The molecule has 0 fully saturated rings. The molecule has 0 saturated carbocycles. The molecule has 12 heteroatoms. The summed E-state index contributed by atoms with van der Waals surface area (Å²) >= 11 is 0. The predicted molar refractivity (Wildman–Crippen MR) is 130 cm³/mol. The summed E-state index contributed by atoms with van der Waals surface area (Å²) in [5, 5.41) is 0. The lowest BCUT2D eigenvalue weighted by Crippen LogP contribution is -2.43. The number of esters is 1. The second-order valence-corrected chi connectivity index (χ2v) is 7.53. The zero-order chi connectivity index (χ0) is 26.1. The number of methoxy groups -OCH3 is 3. The first-order valence-electron chi connectivity index (χ1n) is 11.1. The van der Waals surface area contributed by atoms with Crippen LogP contribution in [0.5, 0.6) is 17.2 Å². The molecular weight excluding hydrogens is 460 g/mol. The number of anilines is 2. The van der Waals surface area contributed by atoms with Crippen molar-refractivity contribution in [1.82, 2.24) is 9.55 Å². The second kappa shape index (κ2) is 12.5. The highest BCUT2D eigenvalue weighted by atomic mass is 16.5. The smallest absolute Gasteiger partial charge is 0.342 e. The van der Waals surface area contributed by atoms with Crippen LogP contribution in [0.1, 0.15) is 43.5 Å². The van der Waals surface area contributed by atoms with Crippen LogP contribution in [0.25, 0.3) is 0 Å². The number of nitrogens with zero attached hydrogens (tertiary/aromatic N) is 2. The van der Waals surface area contributed by atoms with E-state index in [1.54, 1.807) is 0 Å². The topological polar surface area (TPSA) is 155 Å². The van der Waals surface area contributed by atoms with E-state index in [-0.39, 0.29) is 41.7 Å². The Labute approximate surface area is 202 Å². The number of benzene rings is 1. The standard InChI is InChI=1S/C23H32N4O8/c1-6-8-10-26(19-20(24)27(9-7-2)23(31)25-21(19)29)18(28)13-35-22(30)14-11-16(33-4)17(34-5)12-15(14)32-3/h11-12H,6-10,13,24H2,1-5H3,(H,25,29,31). The van der Waals surface area contributed by atoms with E-state index in [0.717, 1.165) is 11.3 Å². The zero-order valence-electron chi connectivity index (χ0n) is 20.6. The van der Waals surface area contributed by atoms with Crippen molar-refractivity contribution in [2.24, 2.45) is 0 Å². The fourth-order valence-corrected chi connectivity index (χ4v) is 3.43. The second-order valence-electron chi connectivity index (χ2n) is 7.53. The first kappa shape index (κ1) is 27.3. The van der Waals surface area contributed by atoms with E-state index >= 15 is 0 Å². The highest BCUT2D eigenvalue weighted by Crippen LogP contribution is 2.35. The number of carbonyl (C=O) groups is 2. The Morgan fingerprint density at radius 1 is 1.00 bits per heavy atom. The predicted octanol–water partition coefficient (Wildman–Crippen LogP) is 1.54. The van der Waals surface area contributed by atoms with Gasteiger partial charge in [-0.25, -0.2) is 9.59 Å². The average Bonchev–Trinajstić information content (AvgIpc) is 2.85. The number of nitrogens with two attached hydrogens (primary N) is 1. The van der Waals surface area contributed by atoms with Gasteiger partial charge in [0.25, 0.3) is 11.5 Å². The highest BCUT2D eigenvalue weighted by Gasteiger charge is 2.26. The number of hydrogen-bond acceptors (Lipinski definition) is 9. The van der Waals surface area contributed by atoms with Crippen molar-refractivity contribution in [3.63, 3.8) is 0 Å². The lowest BCUT2D eigenvalue weighted by atomic mass is 10.1. The van der Waals surface area contributed by atoms with Crippen LogP contribution in [0.15, 0.2) is 21.7 Å².